The van der Waals surface area contributed by atoms with E-state index in [-0.39, 0.29) is 12.0 Å². The van der Waals surface area contributed by atoms with Crippen molar-refractivity contribution in [3.05, 3.63) is 17.8 Å². The van der Waals surface area contributed by atoms with Crippen LogP contribution < -0.4 is 0 Å². The Hall–Kier alpha value is -1.40. The largest absolute Gasteiger partial charge is 0.445 e. The summed E-state index contributed by atoms with van der Waals surface area (Å²) >= 11 is 0. The molecule has 6 heteroatoms. The molecule has 0 radical (unpaired) electrons. The molecule has 0 unspecified atom stereocenters. The molecule has 1 aromatic rings. The third-order valence-electron chi connectivity index (χ3n) is 6.79. The first-order valence-electron chi connectivity index (χ1n) is 9.88. The van der Waals surface area contributed by atoms with Gasteiger partial charge in [-0.25, -0.2) is 4.98 Å². The topological polar surface area (TPSA) is 58.8 Å². The zero-order valence-corrected chi connectivity index (χ0v) is 14.7. The van der Waals surface area contributed by atoms with Gasteiger partial charge in [0.05, 0.1) is 0 Å². The third kappa shape index (κ3) is 2.79. The molecule has 1 amide bonds. The number of carbonyl (C=O) groups excluding carboxylic acids is 1. The fraction of sp³-hybridized carbons (Fsp3) is 0.789. The number of hydrogen-bond acceptors (Lipinski definition) is 5. The van der Waals surface area contributed by atoms with Crippen LogP contribution in [0, 0.1) is 11.8 Å². The Morgan fingerprint density at radius 1 is 1.12 bits per heavy atom. The summed E-state index contributed by atoms with van der Waals surface area (Å²) in [5, 5.41) is 0. The van der Waals surface area contributed by atoms with Gasteiger partial charge < -0.3 is 14.1 Å². The minimum Gasteiger partial charge on any atom is -0.445 e. The minimum atomic E-state index is -0.100. The lowest BCUT2D eigenvalue weighted by atomic mass is 9.93. The minimum absolute atomic E-state index is 0.00634. The van der Waals surface area contributed by atoms with Crippen LogP contribution in [-0.4, -0.2) is 59.5 Å². The van der Waals surface area contributed by atoms with Crippen molar-refractivity contribution in [2.75, 3.05) is 32.8 Å². The highest BCUT2D eigenvalue weighted by molar-refractivity contribution is 5.93. The molecular weight excluding hydrogens is 318 g/mol. The second kappa shape index (κ2) is 6.40. The lowest BCUT2D eigenvalue weighted by molar-refractivity contribution is 0.0478. The summed E-state index contributed by atoms with van der Waals surface area (Å²) in [5.41, 5.74) is 0.459. The van der Waals surface area contributed by atoms with Crippen LogP contribution in [0.25, 0.3) is 0 Å². The van der Waals surface area contributed by atoms with Crippen LogP contribution in [0.5, 0.6) is 0 Å². The molecule has 2 aliphatic carbocycles. The summed E-state index contributed by atoms with van der Waals surface area (Å²) in [7, 11) is 0. The van der Waals surface area contributed by atoms with Gasteiger partial charge in [0.15, 0.2) is 17.8 Å². The van der Waals surface area contributed by atoms with Crippen molar-refractivity contribution < 1.29 is 13.9 Å². The van der Waals surface area contributed by atoms with Gasteiger partial charge in [-0.05, 0) is 43.9 Å². The van der Waals surface area contributed by atoms with Crippen molar-refractivity contribution in [3.8, 4) is 0 Å². The third-order valence-corrected chi connectivity index (χ3v) is 6.79. The molecule has 3 heterocycles. The number of hydrogen-bond donors (Lipinski definition) is 0. The maximum Gasteiger partial charge on any atom is 0.276 e. The van der Waals surface area contributed by atoms with Crippen LogP contribution >= 0.6 is 0 Å². The molecule has 25 heavy (non-hydrogen) atoms. The van der Waals surface area contributed by atoms with E-state index in [1.54, 1.807) is 0 Å². The van der Waals surface area contributed by atoms with Crippen LogP contribution in [0.15, 0.2) is 10.8 Å². The van der Waals surface area contributed by atoms with Crippen molar-refractivity contribution in [1.82, 2.24) is 14.8 Å². The summed E-state index contributed by atoms with van der Waals surface area (Å²) < 4.78 is 11.2. The Morgan fingerprint density at radius 2 is 2.00 bits per heavy atom. The lowest BCUT2D eigenvalue weighted by Crippen LogP contribution is -2.53. The van der Waals surface area contributed by atoms with Crippen LogP contribution in [-0.2, 0) is 4.74 Å². The number of oxazole rings is 1. The first-order chi connectivity index (χ1) is 12.3. The van der Waals surface area contributed by atoms with Gasteiger partial charge >= 0.3 is 0 Å². The van der Waals surface area contributed by atoms with E-state index in [1.165, 1.54) is 32.1 Å². The molecule has 2 bridgehead atoms. The Bertz CT molecular complexity index is 632. The van der Waals surface area contributed by atoms with Gasteiger partial charge in [0.25, 0.3) is 5.91 Å². The second-order valence-electron chi connectivity index (χ2n) is 8.14. The number of aromatic nitrogens is 1. The fourth-order valence-corrected chi connectivity index (χ4v) is 5.49. The first-order valence-corrected chi connectivity index (χ1v) is 9.88. The van der Waals surface area contributed by atoms with Gasteiger partial charge in [0.2, 0.25) is 0 Å². The van der Waals surface area contributed by atoms with E-state index in [9.17, 15) is 4.79 Å². The molecule has 1 aromatic heterocycles. The zero-order chi connectivity index (χ0) is 16.8. The van der Waals surface area contributed by atoms with E-state index < -0.39 is 0 Å². The highest BCUT2D eigenvalue weighted by atomic mass is 16.5. The van der Waals surface area contributed by atoms with Crippen LogP contribution in [0.3, 0.4) is 0 Å². The standard InChI is InChI=1S/C19H27N3O3/c23-19(17-18(25-12-20-17)16-2-1-9-24-16)22-7-5-21(6-8-22)15-11-13-3-4-14(15)10-13/h12-16H,1-11H2/t13-,14-,15-,16+/m0/s1. The van der Waals surface area contributed by atoms with Crippen molar-refractivity contribution in [1.29, 1.82) is 0 Å². The normalized spacial score (nSPS) is 35.6. The van der Waals surface area contributed by atoms with Gasteiger partial charge in [-0.15, -0.1) is 0 Å². The van der Waals surface area contributed by atoms with Crippen molar-refractivity contribution in [2.45, 2.75) is 50.7 Å². The van der Waals surface area contributed by atoms with E-state index in [2.05, 4.69) is 9.88 Å². The van der Waals surface area contributed by atoms with Crippen molar-refractivity contribution >= 4 is 5.91 Å². The maximum atomic E-state index is 12.9. The molecule has 4 atom stereocenters. The Balaban J connectivity index is 1.22. The molecular formula is C19H27N3O3. The molecule has 136 valence electrons. The molecule has 4 aliphatic rings. The fourth-order valence-electron chi connectivity index (χ4n) is 5.49. The Labute approximate surface area is 148 Å². The molecule has 0 spiro atoms. The molecule has 5 rings (SSSR count). The SMILES string of the molecule is O=C(c1ncoc1[C@H]1CCCO1)N1CCN([C@H]2C[C@H]3CC[C@H]2C3)CC1. The monoisotopic (exact) mass is 345 g/mol. The number of nitrogens with zero attached hydrogens (tertiary/aromatic N) is 3. The number of piperazine rings is 1. The molecule has 0 aromatic carbocycles. The van der Waals surface area contributed by atoms with E-state index in [0.29, 0.717) is 11.5 Å². The van der Waals surface area contributed by atoms with E-state index in [4.69, 9.17) is 9.15 Å². The van der Waals surface area contributed by atoms with E-state index in [0.717, 1.165) is 63.5 Å². The number of amides is 1. The molecule has 6 nitrogen and oxygen atoms in total. The first kappa shape index (κ1) is 15.8. The smallest absolute Gasteiger partial charge is 0.276 e. The summed E-state index contributed by atoms with van der Waals surface area (Å²) in [6, 6.07) is 0.769. The molecule has 2 aliphatic heterocycles. The van der Waals surface area contributed by atoms with Crippen LogP contribution in [0.1, 0.15) is 60.9 Å². The van der Waals surface area contributed by atoms with Crippen LogP contribution in [0.2, 0.25) is 0 Å². The number of ether oxygens (including phenoxy) is 1. The summed E-state index contributed by atoms with van der Waals surface area (Å²) in [6.45, 7) is 4.32. The maximum absolute atomic E-state index is 12.9. The van der Waals surface area contributed by atoms with E-state index >= 15 is 0 Å². The molecule has 0 N–H and O–H groups in total. The molecule has 4 fully saturated rings. The quantitative estimate of drug-likeness (QED) is 0.842. The lowest BCUT2D eigenvalue weighted by Gasteiger charge is -2.40. The Kier molecular flexibility index (Phi) is 4.05. The van der Waals surface area contributed by atoms with Gasteiger partial charge in [0, 0.05) is 38.8 Å². The second-order valence-corrected chi connectivity index (χ2v) is 8.14. The number of carbonyl (C=O) groups is 1. The summed E-state index contributed by atoms with van der Waals surface area (Å²) in [5.74, 6) is 2.51. The van der Waals surface area contributed by atoms with E-state index in [1.807, 2.05) is 4.90 Å². The Morgan fingerprint density at radius 3 is 2.68 bits per heavy atom. The van der Waals surface area contributed by atoms with Gasteiger partial charge in [-0.1, -0.05) is 6.42 Å². The highest BCUT2D eigenvalue weighted by Crippen LogP contribution is 2.46. The van der Waals surface area contributed by atoms with Crippen molar-refractivity contribution in [2.24, 2.45) is 11.8 Å². The highest BCUT2D eigenvalue weighted by Gasteiger charge is 2.43. The summed E-state index contributed by atoms with van der Waals surface area (Å²) in [4.78, 5) is 21.7. The molecule has 2 saturated heterocycles. The predicted molar refractivity (Wildman–Crippen MR) is 91.1 cm³/mol. The van der Waals surface area contributed by atoms with Gasteiger partial charge in [-0.2, -0.15) is 0 Å². The zero-order valence-electron chi connectivity index (χ0n) is 14.7. The van der Waals surface area contributed by atoms with Crippen molar-refractivity contribution in [3.63, 3.8) is 0 Å². The predicted octanol–water partition coefficient (Wildman–Crippen LogP) is 2.47. The summed E-state index contributed by atoms with van der Waals surface area (Å²) in [6.07, 6.45) is 8.88. The number of fused-ring (bicyclic) bond motifs is 2. The van der Waals surface area contributed by atoms with Crippen LogP contribution in [0.4, 0.5) is 0 Å². The van der Waals surface area contributed by atoms with Gasteiger partial charge in [0.1, 0.15) is 6.10 Å². The number of rotatable bonds is 3. The average Bonchev–Trinajstić information content (AvgIpc) is 3.45. The average molecular weight is 345 g/mol. The van der Waals surface area contributed by atoms with Gasteiger partial charge in [-0.3, -0.25) is 9.69 Å². The molecule has 2 saturated carbocycles.